The van der Waals surface area contributed by atoms with Gasteiger partial charge in [-0.25, -0.2) is 0 Å². The second kappa shape index (κ2) is 6.95. The van der Waals surface area contributed by atoms with Crippen LogP contribution in [0.1, 0.15) is 0 Å². The van der Waals surface area contributed by atoms with Crippen LogP contribution in [-0.2, 0) is 0 Å². The van der Waals surface area contributed by atoms with Gasteiger partial charge in [0.1, 0.15) is 5.69 Å². The largest absolute Gasteiger partial charge is 0.347 e. The van der Waals surface area contributed by atoms with E-state index in [1.807, 2.05) is 0 Å². The first-order valence-electron chi connectivity index (χ1n) is 7.05. The van der Waals surface area contributed by atoms with Crippen LogP contribution >= 0.6 is 34.8 Å². The predicted molar refractivity (Wildman–Crippen MR) is 102 cm³/mol. The van der Waals surface area contributed by atoms with Gasteiger partial charge in [-0.3, -0.25) is 20.2 Å². The van der Waals surface area contributed by atoms with E-state index in [0.717, 1.165) is 6.07 Å². The fraction of sp³-hybridized carbons (Fsp3) is 0. The molecule has 1 N–H and O–H groups in total. The Bertz CT molecular complexity index is 1050. The molecule has 132 valence electrons. The number of nitro benzene ring substituents is 2. The topological polar surface area (TPSA) is 98.3 Å². The van der Waals surface area contributed by atoms with E-state index in [0.29, 0.717) is 5.02 Å². The lowest BCUT2D eigenvalue weighted by Crippen LogP contribution is -2.01. The maximum absolute atomic E-state index is 11.5. The number of anilines is 2. The zero-order chi connectivity index (χ0) is 19.0. The highest BCUT2D eigenvalue weighted by atomic mass is 35.5. The zero-order valence-electron chi connectivity index (χ0n) is 12.7. The van der Waals surface area contributed by atoms with Gasteiger partial charge in [-0.15, -0.1) is 0 Å². The van der Waals surface area contributed by atoms with Crippen molar-refractivity contribution in [2.45, 2.75) is 0 Å². The number of hydrogen-bond donors (Lipinski definition) is 1. The Morgan fingerprint density at radius 3 is 1.85 bits per heavy atom. The predicted octanol–water partition coefficient (Wildman–Crippen LogP) is 6.36. The summed E-state index contributed by atoms with van der Waals surface area (Å²) < 4.78 is 0. The van der Waals surface area contributed by atoms with Gasteiger partial charge in [0.15, 0.2) is 0 Å². The molecule has 0 atom stereocenters. The molecule has 0 fully saturated rings. The lowest BCUT2D eigenvalue weighted by molar-refractivity contribution is -0.392. The van der Waals surface area contributed by atoms with Crippen LogP contribution in [-0.4, -0.2) is 9.85 Å². The van der Waals surface area contributed by atoms with E-state index in [1.165, 1.54) is 24.3 Å². The summed E-state index contributed by atoms with van der Waals surface area (Å²) in [6.45, 7) is 0. The maximum Gasteiger partial charge on any atom is 0.300 e. The summed E-state index contributed by atoms with van der Waals surface area (Å²) >= 11 is 18.2. The number of non-ortho nitro benzene ring substituents is 1. The summed E-state index contributed by atoms with van der Waals surface area (Å²) in [4.78, 5) is 21.4. The third-order valence-electron chi connectivity index (χ3n) is 3.65. The Kier molecular flexibility index (Phi) is 4.86. The van der Waals surface area contributed by atoms with Crippen molar-refractivity contribution >= 4 is 68.3 Å². The van der Waals surface area contributed by atoms with Gasteiger partial charge in [-0.05, 0) is 18.2 Å². The fourth-order valence-electron chi connectivity index (χ4n) is 2.55. The number of halogens is 3. The van der Waals surface area contributed by atoms with Crippen molar-refractivity contribution in [1.29, 1.82) is 0 Å². The minimum Gasteiger partial charge on any atom is -0.347 e. The Morgan fingerprint density at radius 2 is 1.31 bits per heavy atom. The van der Waals surface area contributed by atoms with Crippen LogP contribution in [0.5, 0.6) is 0 Å². The minimum atomic E-state index is -0.709. The van der Waals surface area contributed by atoms with E-state index in [2.05, 4.69) is 5.32 Å². The Labute approximate surface area is 161 Å². The van der Waals surface area contributed by atoms with Gasteiger partial charge in [0.2, 0.25) is 0 Å². The molecular weight excluding hydrogens is 405 g/mol. The van der Waals surface area contributed by atoms with E-state index >= 15 is 0 Å². The average Bonchev–Trinajstić information content (AvgIpc) is 2.57. The molecule has 0 radical (unpaired) electrons. The summed E-state index contributed by atoms with van der Waals surface area (Å²) in [6.07, 6.45) is 0. The molecule has 0 aliphatic rings. The first-order valence-corrected chi connectivity index (χ1v) is 8.19. The van der Waals surface area contributed by atoms with Crippen molar-refractivity contribution in [2.75, 3.05) is 5.32 Å². The van der Waals surface area contributed by atoms with Crippen molar-refractivity contribution in [3.8, 4) is 0 Å². The van der Waals surface area contributed by atoms with Crippen molar-refractivity contribution < 1.29 is 9.85 Å². The lowest BCUT2D eigenvalue weighted by Gasteiger charge is -2.14. The molecule has 0 aliphatic carbocycles. The van der Waals surface area contributed by atoms with Crippen molar-refractivity contribution in [2.24, 2.45) is 0 Å². The lowest BCUT2D eigenvalue weighted by atomic mass is 10.0. The molecule has 10 heteroatoms. The molecule has 26 heavy (non-hydrogen) atoms. The molecule has 0 aliphatic heterocycles. The van der Waals surface area contributed by atoms with E-state index in [9.17, 15) is 20.2 Å². The molecule has 0 bridgehead atoms. The number of rotatable bonds is 4. The van der Waals surface area contributed by atoms with Crippen LogP contribution in [0.3, 0.4) is 0 Å². The smallest absolute Gasteiger partial charge is 0.300 e. The summed E-state index contributed by atoms with van der Waals surface area (Å²) in [5.74, 6) is 0. The third-order valence-corrected chi connectivity index (χ3v) is 4.47. The molecule has 0 unspecified atom stereocenters. The molecule has 0 saturated heterocycles. The highest BCUT2D eigenvalue weighted by Gasteiger charge is 2.26. The van der Waals surface area contributed by atoms with Crippen LogP contribution in [0.25, 0.3) is 10.8 Å². The standard InChI is InChI=1S/C16H8Cl3N3O4/c17-8-5-11(18)16(12(19)6-8)20-15-10-4-2-1-3-9(10)13(21(23)24)7-14(15)22(25)26/h1-7,20H. The Morgan fingerprint density at radius 1 is 0.769 bits per heavy atom. The van der Waals surface area contributed by atoms with Gasteiger partial charge in [0, 0.05) is 10.4 Å². The summed E-state index contributed by atoms with van der Waals surface area (Å²) in [6, 6.07) is 10.0. The monoisotopic (exact) mass is 411 g/mol. The summed E-state index contributed by atoms with van der Waals surface area (Å²) in [5, 5.41) is 26.8. The molecule has 3 rings (SSSR count). The van der Waals surface area contributed by atoms with Crippen molar-refractivity contribution in [1.82, 2.24) is 0 Å². The molecule has 0 saturated carbocycles. The van der Waals surface area contributed by atoms with E-state index in [1.54, 1.807) is 12.1 Å². The highest BCUT2D eigenvalue weighted by Crippen LogP contribution is 2.43. The number of benzene rings is 3. The normalized spacial score (nSPS) is 10.7. The van der Waals surface area contributed by atoms with Crippen LogP contribution < -0.4 is 5.32 Å². The van der Waals surface area contributed by atoms with E-state index in [4.69, 9.17) is 34.8 Å². The third kappa shape index (κ3) is 3.24. The molecule has 0 amide bonds. The molecular formula is C16H8Cl3N3O4. The van der Waals surface area contributed by atoms with Crippen molar-refractivity contribution in [3.05, 3.63) is 77.8 Å². The van der Waals surface area contributed by atoms with E-state index < -0.39 is 15.5 Å². The quantitative estimate of drug-likeness (QED) is 0.397. The number of nitrogens with zero attached hydrogens (tertiary/aromatic N) is 2. The minimum absolute atomic E-state index is 0.0438. The van der Waals surface area contributed by atoms with Gasteiger partial charge in [0.05, 0.1) is 37.0 Å². The number of fused-ring (bicyclic) bond motifs is 1. The fourth-order valence-corrected chi connectivity index (χ4v) is 3.47. The Balaban J connectivity index is 2.32. The zero-order valence-corrected chi connectivity index (χ0v) is 15.0. The maximum atomic E-state index is 11.5. The first kappa shape index (κ1) is 18.2. The van der Waals surface area contributed by atoms with Crippen LogP contribution in [0.2, 0.25) is 15.1 Å². The summed E-state index contributed by atoms with van der Waals surface area (Å²) in [7, 11) is 0. The average molecular weight is 413 g/mol. The van der Waals surface area contributed by atoms with Crippen LogP contribution in [0, 0.1) is 20.2 Å². The van der Waals surface area contributed by atoms with Gasteiger partial charge < -0.3 is 5.32 Å². The van der Waals surface area contributed by atoms with Gasteiger partial charge in [-0.1, -0.05) is 53.0 Å². The molecule has 0 spiro atoms. The first-order chi connectivity index (χ1) is 12.3. The molecule has 7 nitrogen and oxygen atoms in total. The van der Waals surface area contributed by atoms with Gasteiger partial charge >= 0.3 is 0 Å². The second-order valence-electron chi connectivity index (χ2n) is 5.22. The molecule has 3 aromatic rings. The van der Waals surface area contributed by atoms with E-state index in [-0.39, 0.29) is 37.9 Å². The van der Waals surface area contributed by atoms with Crippen molar-refractivity contribution in [3.63, 3.8) is 0 Å². The second-order valence-corrected chi connectivity index (χ2v) is 6.47. The number of nitrogens with one attached hydrogen (secondary N) is 1. The number of hydrogen-bond acceptors (Lipinski definition) is 5. The van der Waals surface area contributed by atoms with Gasteiger partial charge in [0.25, 0.3) is 11.4 Å². The number of nitro groups is 2. The van der Waals surface area contributed by atoms with Gasteiger partial charge in [-0.2, -0.15) is 0 Å². The molecule has 3 aromatic carbocycles. The molecule has 0 aromatic heterocycles. The van der Waals surface area contributed by atoms with Crippen LogP contribution in [0.4, 0.5) is 22.7 Å². The molecule has 0 heterocycles. The highest BCUT2D eigenvalue weighted by molar-refractivity contribution is 6.42. The SMILES string of the molecule is O=[N+]([O-])c1cc([N+](=O)[O-])c2ccccc2c1Nc1c(Cl)cc(Cl)cc1Cl. The Hall–Kier alpha value is -2.61. The van der Waals surface area contributed by atoms with Crippen LogP contribution in [0.15, 0.2) is 42.5 Å². The summed E-state index contributed by atoms with van der Waals surface area (Å²) in [5.41, 5.74) is -0.592.